The SMILES string of the molecule is COc1ccc(CCNC(=O)c2ccccc2NCc2ccc(OC(F)F)c(OC)c2)cc1. The topological polar surface area (TPSA) is 68.8 Å². The molecule has 0 atom stereocenters. The zero-order valence-electron chi connectivity index (χ0n) is 18.4. The number of alkyl halides is 2. The van der Waals surface area contributed by atoms with Crippen LogP contribution in [0.25, 0.3) is 0 Å². The lowest BCUT2D eigenvalue weighted by atomic mass is 10.1. The van der Waals surface area contributed by atoms with Crippen molar-refractivity contribution in [3.8, 4) is 17.2 Å². The van der Waals surface area contributed by atoms with Gasteiger partial charge in [0.05, 0.1) is 19.8 Å². The van der Waals surface area contributed by atoms with Gasteiger partial charge in [-0.05, 0) is 53.9 Å². The molecular weight excluding hydrogens is 430 g/mol. The first-order valence-corrected chi connectivity index (χ1v) is 10.4. The van der Waals surface area contributed by atoms with Gasteiger partial charge in [0.25, 0.3) is 5.91 Å². The molecular formula is C25H26F2N2O4. The molecule has 1 amide bonds. The second kappa shape index (κ2) is 11.7. The van der Waals surface area contributed by atoms with E-state index in [9.17, 15) is 13.6 Å². The summed E-state index contributed by atoms with van der Waals surface area (Å²) in [5, 5.41) is 6.16. The van der Waals surface area contributed by atoms with Crippen molar-refractivity contribution in [3.63, 3.8) is 0 Å². The van der Waals surface area contributed by atoms with E-state index in [4.69, 9.17) is 9.47 Å². The van der Waals surface area contributed by atoms with E-state index in [2.05, 4.69) is 15.4 Å². The number of amides is 1. The molecule has 8 heteroatoms. The molecule has 0 spiro atoms. The Kier molecular flexibility index (Phi) is 8.46. The maximum atomic E-state index is 12.7. The predicted molar refractivity (Wildman–Crippen MR) is 122 cm³/mol. The van der Waals surface area contributed by atoms with Crippen LogP contribution in [0.15, 0.2) is 66.7 Å². The Morgan fingerprint density at radius 1 is 0.909 bits per heavy atom. The Hall–Kier alpha value is -3.81. The molecule has 0 bridgehead atoms. The largest absolute Gasteiger partial charge is 0.497 e. The summed E-state index contributed by atoms with van der Waals surface area (Å²) >= 11 is 0. The summed E-state index contributed by atoms with van der Waals surface area (Å²) < 4.78 is 39.8. The molecule has 0 saturated carbocycles. The zero-order valence-corrected chi connectivity index (χ0v) is 18.4. The highest BCUT2D eigenvalue weighted by Crippen LogP contribution is 2.30. The number of rotatable bonds is 11. The van der Waals surface area contributed by atoms with Gasteiger partial charge < -0.3 is 24.8 Å². The number of nitrogens with one attached hydrogen (secondary N) is 2. The molecule has 6 nitrogen and oxygen atoms in total. The summed E-state index contributed by atoms with van der Waals surface area (Å²) in [5.74, 6) is 0.772. The summed E-state index contributed by atoms with van der Waals surface area (Å²) in [7, 11) is 3.00. The minimum absolute atomic E-state index is 0.0344. The summed E-state index contributed by atoms with van der Waals surface area (Å²) in [4.78, 5) is 12.7. The van der Waals surface area contributed by atoms with Crippen LogP contribution < -0.4 is 24.8 Å². The number of hydrogen-bond acceptors (Lipinski definition) is 5. The fourth-order valence-corrected chi connectivity index (χ4v) is 3.26. The van der Waals surface area contributed by atoms with Crippen molar-refractivity contribution < 1.29 is 27.8 Å². The van der Waals surface area contributed by atoms with Gasteiger partial charge in [0.1, 0.15) is 5.75 Å². The first kappa shape index (κ1) is 23.8. The maximum absolute atomic E-state index is 12.7. The number of carbonyl (C=O) groups is 1. The first-order chi connectivity index (χ1) is 16.0. The van der Waals surface area contributed by atoms with Crippen molar-refractivity contribution in [2.24, 2.45) is 0 Å². The van der Waals surface area contributed by atoms with Crippen LogP contribution in [0.3, 0.4) is 0 Å². The number of benzene rings is 3. The highest BCUT2D eigenvalue weighted by atomic mass is 19.3. The third kappa shape index (κ3) is 6.83. The number of anilines is 1. The fourth-order valence-electron chi connectivity index (χ4n) is 3.26. The Bertz CT molecular complexity index is 1060. The van der Waals surface area contributed by atoms with Gasteiger partial charge in [0.2, 0.25) is 0 Å². The summed E-state index contributed by atoms with van der Waals surface area (Å²) in [6.07, 6.45) is 0.693. The van der Waals surface area contributed by atoms with E-state index in [1.165, 1.54) is 13.2 Å². The van der Waals surface area contributed by atoms with E-state index >= 15 is 0 Å². The maximum Gasteiger partial charge on any atom is 0.387 e. The van der Waals surface area contributed by atoms with E-state index in [-0.39, 0.29) is 17.4 Å². The van der Waals surface area contributed by atoms with Gasteiger partial charge in [-0.3, -0.25) is 4.79 Å². The molecule has 0 radical (unpaired) electrons. The second-order valence-corrected chi connectivity index (χ2v) is 7.12. The Labute approximate surface area is 191 Å². The molecule has 3 aromatic carbocycles. The van der Waals surface area contributed by atoms with Crippen LogP contribution in [0.2, 0.25) is 0 Å². The number of carbonyl (C=O) groups excluding carboxylic acids is 1. The summed E-state index contributed by atoms with van der Waals surface area (Å²) in [6.45, 7) is -2.08. The molecule has 33 heavy (non-hydrogen) atoms. The molecule has 3 aromatic rings. The Morgan fingerprint density at radius 2 is 1.64 bits per heavy atom. The molecule has 3 rings (SSSR count). The lowest BCUT2D eigenvalue weighted by Gasteiger charge is -2.14. The summed E-state index contributed by atoms with van der Waals surface area (Å²) in [5.41, 5.74) is 3.04. The third-order valence-electron chi connectivity index (χ3n) is 4.96. The van der Waals surface area contributed by atoms with Crippen molar-refractivity contribution >= 4 is 11.6 Å². The molecule has 0 saturated heterocycles. The monoisotopic (exact) mass is 456 g/mol. The molecule has 0 unspecified atom stereocenters. The van der Waals surface area contributed by atoms with E-state index in [0.717, 1.165) is 16.9 Å². The minimum atomic E-state index is -2.93. The van der Waals surface area contributed by atoms with Crippen LogP contribution >= 0.6 is 0 Å². The molecule has 2 N–H and O–H groups in total. The van der Waals surface area contributed by atoms with Crippen LogP contribution in [0.4, 0.5) is 14.5 Å². The first-order valence-electron chi connectivity index (χ1n) is 10.4. The van der Waals surface area contributed by atoms with Gasteiger partial charge in [0.15, 0.2) is 11.5 Å². The van der Waals surface area contributed by atoms with E-state index in [1.54, 1.807) is 31.4 Å². The molecule has 0 heterocycles. The molecule has 0 aliphatic rings. The van der Waals surface area contributed by atoms with Gasteiger partial charge in [-0.15, -0.1) is 0 Å². The highest BCUT2D eigenvalue weighted by molar-refractivity contribution is 5.99. The molecule has 0 aliphatic carbocycles. The van der Waals surface area contributed by atoms with Gasteiger partial charge >= 0.3 is 6.61 Å². The number of methoxy groups -OCH3 is 2. The predicted octanol–water partition coefficient (Wildman–Crippen LogP) is 4.89. The third-order valence-corrected chi connectivity index (χ3v) is 4.96. The van der Waals surface area contributed by atoms with Crippen molar-refractivity contribution in [1.29, 1.82) is 0 Å². The van der Waals surface area contributed by atoms with Gasteiger partial charge in [-0.25, -0.2) is 0 Å². The van der Waals surface area contributed by atoms with Crippen molar-refractivity contribution in [3.05, 3.63) is 83.4 Å². The van der Waals surface area contributed by atoms with Crippen molar-refractivity contribution in [2.75, 3.05) is 26.1 Å². The number of halogens is 2. The van der Waals surface area contributed by atoms with Crippen molar-refractivity contribution in [2.45, 2.75) is 19.6 Å². The fraction of sp³-hybridized carbons (Fsp3) is 0.240. The minimum Gasteiger partial charge on any atom is -0.497 e. The Balaban J connectivity index is 1.59. The zero-order chi connectivity index (χ0) is 23.6. The average molecular weight is 456 g/mol. The quantitative estimate of drug-likeness (QED) is 0.430. The van der Waals surface area contributed by atoms with Gasteiger partial charge in [-0.2, -0.15) is 8.78 Å². The smallest absolute Gasteiger partial charge is 0.387 e. The van der Waals surface area contributed by atoms with Gasteiger partial charge in [0, 0.05) is 18.8 Å². The number of para-hydroxylation sites is 1. The van der Waals surface area contributed by atoms with E-state index in [1.807, 2.05) is 36.4 Å². The van der Waals surface area contributed by atoms with Crippen LogP contribution in [-0.2, 0) is 13.0 Å². The standard InChI is InChI=1S/C25H26F2N2O4/c1-31-19-10-7-17(8-11-19)13-14-28-24(30)20-5-3-4-6-21(20)29-16-18-9-12-22(33-25(26)27)23(15-18)32-2/h3-12,15,25,29H,13-14,16H2,1-2H3,(H,28,30). The molecule has 174 valence electrons. The van der Waals surface area contributed by atoms with E-state index in [0.29, 0.717) is 30.8 Å². The highest BCUT2D eigenvalue weighted by Gasteiger charge is 2.13. The molecule has 0 aromatic heterocycles. The van der Waals surface area contributed by atoms with E-state index < -0.39 is 6.61 Å². The van der Waals surface area contributed by atoms with Gasteiger partial charge in [-0.1, -0.05) is 30.3 Å². The lowest BCUT2D eigenvalue weighted by molar-refractivity contribution is -0.0512. The molecule has 0 fully saturated rings. The molecule has 0 aliphatic heterocycles. The van der Waals surface area contributed by atoms with Crippen LogP contribution in [0.1, 0.15) is 21.5 Å². The van der Waals surface area contributed by atoms with Crippen LogP contribution in [0, 0.1) is 0 Å². The Morgan fingerprint density at radius 3 is 2.33 bits per heavy atom. The van der Waals surface area contributed by atoms with Crippen LogP contribution in [0.5, 0.6) is 17.2 Å². The summed E-state index contributed by atoms with van der Waals surface area (Å²) in [6, 6.07) is 19.6. The average Bonchev–Trinajstić information content (AvgIpc) is 2.83. The van der Waals surface area contributed by atoms with Crippen LogP contribution in [-0.4, -0.2) is 33.3 Å². The second-order valence-electron chi connectivity index (χ2n) is 7.12. The normalized spacial score (nSPS) is 10.6. The van der Waals surface area contributed by atoms with Crippen molar-refractivity contribution in [1.82, 2.24) is 5.32 Å². The lowest BCUT2D eigenvalue weighted by Crippen LogP contribution is -2.26. The number of ether oxygens (including phenoxy) is 3. The number of hydrogen-bond donors (Lipinski definition) is 2.